The summed E-state index contributed by atoms with van der Waals surface area (Å²) in [6.45, 7) is 0.777. The molecule has 1 aromatic rings. The summed E-state index contributed by atoms with van der Waals surface area (Å²) in [5.41, 5.74) is 8.85. The normalized spacial score (nSPS) is 22.7. The van der Waals surface area contributed by atoms with Gasteiger partial charge in [-0.25, -0.2) is 0 Å². The zero-order chi connectivity index (χ0) is 14.0. The van der Waals surface area contributed by atoms with Crippen LogP contribution in [-0.2, 0) is 11.2 Å². The third-order valence-corrected chi connectivity index (χ3v) is 5.00. The maximum Gasteiger partial charge on any atom is 0.127 e. The van der Waals surface area contributed by atoms with E-state index in [4.69, 9.17) is 15.2 Å². The van der Waals surface area contributed by atoms with E-state index in [1.807, 2.05) is 7.11 Å². The predicted octanol–water partition coefficient (Wildman–Crippen LogP) is 3.36. The third-order valence-electron chi connectivity index (χ3n) is 5.00. The van der Waals surface area contributed by atoms with E-state index in [1.54, 1.807) is 0 Å². The third kappa shape index (κ3) is 2.33. The van der Waals surface area contributed by atoms with Crippen molar-refractivity contribution in [1.29, 1.82) is 0 Å². The number of benzene rings is 1. The second-order valence-corrected chi connectivity index (χ2v) is 6.09. The molecule has 0 amide bonds. The fourth-order valence-corrected chi connectivity index (χ4v) is 3.74. The molecule has 0 aromatic heterocycles. The maximum absolute atomic E-state index is 6.65. The molecule has 1 fully saturated rings. The van der Waals surface area contributed by atoms with Crippen LogP contribution >= 0.6 is 0 Å². The van der Waals surface area contributed by atoms with Gasteiger partial charge in [0.15, 0.2) is 0 Å². The number of ether oxygens (including phenoxy) is 2. The van der Waals surface area contributed by atoms with Gasteiger partial charge in [-0.05, 0) is 18.4 Å². The standard InChI is InChI=1S/C17H25NO2/c1-19-17(10-4-2-3-5-11-17)16(18)14-8-6-7-13-9-12-20-15(13)14/h6-8,16H,2-5,9-12,18H2,1H3. The molecule has 1 atom stereocenters. The Labute approximate surface area is 121 Å². The van der Waals surface area contributed by atoms with Crippen molar-refractivity contribution in [2.24, 2.45) is 5.73 Å². The molecule has 1 unspecified atom stereocenters. The highest BCUT2D eigenvalue weighted by atomic mass is 16.5. The Bertz CT molecular complexity index is 464. The molecule has 0 spiro atoms. The summed E-state index contributed by atoms with van der Waals surface area (Å²) >= 11 is 0. The van der Waals surface area contributed by atoms with E-state index in [0.717, 1.165) is 37.2 Å². The predicted molar refractivity (Wildman–Crippen MR) is 80.0 cm³/mol. The van der Waals surface area contributed by atoms with Crippen LogP contribution in [0.4, 0.5) is 0 Å². The van der Waals surface area contributed by atoms with Gasteiger partial charge in [0.2, 0.25) is 0 Å². The molecule has 3 heteroatoms. The van der Waals surface area contributed by atoms with Crippen LogP contribution in [0.25, 0.3) is 0 Å². The molecule has 0 saturated heterocycles. The van der Waals surface area contributed by atoms with E-state index in [-0.39, 0.29) is 11.6 Å². The average molecular weight is 275 g/mol. The number of rotatable bonds is 3. The Hall–Kier alpha value is -1.06. The molecular formula is C17H25NO2. The number of fused-ring (bicyclic) bond motifs is 1. The largest absolute Gasteiger partial charge is 0.493 e. The molecule has 2 aliphatic rings. The number of methoxy groups -OCH3 is 1. The van der Waals surface area contributed by atoms with Gasteiger partial charge in [0, 0.05) is 19.1 Å². The van der Waals surface area contributed by atoms with Crippen LogP contribution in [0.2, 0.25) is 0 Å². The Balaban J connectivity index is 1.94. The van der Waals surface area contributed by atoms with Crippen LogP contribution in [0.3, 0.4) is 0 Å². The van der Waals surface area contributed by atoms with Gasteiger partial charge in [-0.1, -0.05) is 43.9 Å². The number of para-hydroxylation sites is 1. The van der Waals surface area contributed by atoms with Gasteiger partial charge in [-0.15, -0.1) is 0 Å². The molecular weight excluding hydrogens is 250 g/mol. The molecule has 2 N–H and O–H groups in total. The van der Waals surface area contributed by atoms with Crippen molar-refractivity contribution in [3.63, 3.8) is 0 Å². The lowest BCUT2D eigenvalue weighted by Crippen LogP contribution is -2.42. The smallest absolute Gasteiger partial charge is 0.127 e. The average Bonchev–Trinajstić information content (AvgIpc) is 2.83. The minimum Gasteiger partial charge on any atom is -0.493 e. The first-order valence-corrected chi connectivity index (χ1v) is 7.82. The molecule has 1 aromatic carbocycles. The zero-order valence-corrected chi connectivity index (χ0v) is 12.4. The summed E-state index contributed by atoms with van der Waals surface area (Å²) in [6.07, 6.45) is 8.09. The first-order valence-electron chi connectivity index (χ1n) is 7.82. The fourth-order valence-electron chi connectivity index (χ4n) is 3.74. The molecule has 1 aliphatic heterocycles. The first-order chi connectivity index (χ1) is 9.77. The van der Waals surface area contributed by atoms with Gasteiger partial charge in [-0.3, -0.25) is 0 Å². The molecule has 1 aliphatic carbocycles. The van der Waals surface area contributed by atoms with E-state index in [1.165, 1.54) is 31.2 Å². The van der Waals surface area contributed by atoms with Gasteiger partial charge in [0.05, 0.1) is 18.2 Å². The number of nitrogens with two attached hydrogens (primary N) is 1. The maximum atomic E-state index is 6.65. The van der Waals surface area contributed by atoms with E-state index < -0.39 is 0 Å². The lowest BCUT2D eigenvalue weighted by Gasteiger charge is -2.37. The van der Waals surface area contributed by atoms with Crippen LogP contribution < -0.4 is 10.5 Å². The highest BCUT2D eigenvalue weighted by Gasteiger charge is 2.39. The molecule has 3 nitrogen and oxygen atoms in total. The Kier molecular flexibility index (Phi) is 3.99. The Morgan fingerprint density at radius 3 is 2.65 bits per heavy atom. The molecule has 0 radical (unpaired) electrons. The quantitative estimate of drug-likeness (QED) is 0.860. The summed E-state index contributed by atoms with van der Waals surface area (Å²) in [6, 6.07) is 6.26. The molecule has 20 heavy (non-hydrogen) atoms. The topological polar surface area (TPSA) is 44.5 Å². The molecule has 110 valence electrons. The molecule has 0 bridgehead atoms. The van der Waals surface area contributed by atoms with Gasteiger partial charge in [0.1, 0.15) is 5.75 Å². The molecule has 1 heterocycles. The summed E-state index contributed by atoms with van der Waals surface area (Å²) in [5, 5.41) is 0. The summed E-state index contributed by atoms with van der Waals surface area (Å²) < 4.78 is 11.8. The minimum absolute atomic E-state index is 0.0985. The Morgan fingerprint density at radius 1 is 1.20 bits per heavy atom. The van der Waals surface area contributed by atoms with Crippen molar-refractivity contribution in [2.75, 3.05) is 13.7 Å². The number of hydrogen-bond acceptors (Lipinski definition) is 3. The van der Waals surface area contributed by atoms with Crippen LogP contribution in [0, 0.1) is 0 Å². The van der Waals surface area contributed by atoms with Gasteiger partial charge in [0.25, 0.3) is 0 Å². The SMILES string of the molecule is COC1(C(N)c2cccc3c2OCC3)CCCCCC1. The van der Waals surface area contributed by atoms with Crippen molar-refractivity contribution >= 4 is 0 Å². The van der Waals surface area contributed by atoms with E-state index in [9.17, 15) is 0 Å². The second-order valence-electron chi connectivity index (χ2n) is 6.09. The number of hydrogen-bond donors (Lipinski definition) is 1. The fraction of sp³-hybridized carbons (Fsp3) is 0.647. The van der Waals surface area contributed by atoms with Gasteiger partial charge >= 0.3 is 0 Å². The van der Waals surface area contributed by atoms with Crippen molar-refractivity contribution in [1.82, 2.24) is 0 Å². The van der Waals surface area contributed by atoms with Crippen molar-refractivity contribution in [3.05, 3.63) is 29.3 Å². The van der Waals surface area contributed by atoms with E-state index in [0.29, 0.717) is 0 Å². The van der Waals surface area contributed by atoms with Gasteiger partial charge in [-0.2, -0.15) is 0 Å². The van der Waals surface area contributed by atoms with Crippen molar-refractivity contribution in [2.45, 2.75) is 56.6 Å². The van der Waals surface area contributed by atoms with Crippen molar-refractivity contribution < 1.29 is 9.47 Å². The summed E-state index contributed by atoms with van der Waals surface area (Å²) in [5.74, 6) is 1.01. The highest BCUT2D eigenvalue weighted by Crippen LogP contribution is 2.43. The summed E-state index contributed by atoms with van der Waals surface area (Å²) in [4.78, 5) is 0. The lowest BCUT2D eigenvalue weighted by atomic mass is 9.82. The Morgan fingerprint density at radius 2 is 1.95 bits per heavy atom. The van der Waals surface area contributed by atoms with Crippen LogP contribution in [0.15, 0.2) is 18.2 Å². The van der Waals surface area contributed by atoms with Crippen molar-refractivity contribution in [3.8, 4) is 5.75 Å². The monoisotopic (exact) mass is 275 g/mol. The van der Waals surface area contributed by atoms with Crippen LogP contribution in [-0.4, -0.2) is 19.3 Å². The first kappa shape index (κ1) is 13.9. The van der Waals surface area contributed by atoms with Crippen LogP contribution in [0.1, 0.15) is 55.7 Å². The second kappa shape index (κ2) is 5.74. The molecule has 3 rings (SSSR count). The minimum atomic E-state index is -0.225. The summed E-state index contributed by atoms with van der Waals surface area (Å²) in [7, 11) is 1.81. The van der Waals surface area contributed by atoms with Crippen LogP contribution in [0.5, 0.6) is 5.75 Å². The van der Waals surface area contributed by atoms with Gasteiger partial charge < -0.3 is 15.2 Å². The molecule has 1 saturated carbocycles. The highest BCUT2D eigenvalue weighted by molar-refractivity contribution is 5.46. The van der Waals surface area contributed by atoms with E-state index >= 15 is 0 Å². The van der Waals surface area contributed by atoms with E-state index in [2.05, 4.69) is 18.2 Å². The zero-order valence-electron chi connectivity index (χ0n) is 12.4. The lowest BCUT2D eigenvalue weighted by molar-refractivity contribution is -0.0446.